The van der Waals surface area contributed by atoms with E-state index in [4.69, 9.17) is 14.2 Å². The zero-order chi connectivity index (χ0) is 17.4. The van der Waals surface area contributed by atoms with Crippen molar-refractivity contribution in [2.75, 3.05) is 13.7 Å². The Morgan fingerprint density at radius 2 is 1.50 bits per heavy atom. The highest BCUT2D eigenvalue weighted by atomic mass is 16.5. The SMILES string of the molecule is COc1ccc(OC(=O)CCCOc2ccc(C(C)C)cc2)cc1. The first-order chi connectivity index (χ1) is 11.6. The summed E-state index contributed by atoms with van der Waals surface area (Å²) in [5, 5.41) is 0. The van der Waals surface area contributed by atoms with Gasteiger partial charge in [-0.2, -0.15) is 0 Å². The summed E-state index contributed by atoms with van der Waals surface area (Å²) in [6.07, 6.45) is 0.928. The second-order valence-corrected chi connectivity index (χ2v) is 5.83. The lowest BCUT2D eigenvalue weighted by Crippen LogP contribution is -2.09. The molecule has 0 amide bonds. The number of methoxy groups -OCH3 is 1. The summed E-state index contributed by atoms with van der Waals surface area (Å²) in [5.41, 5.74) is 1.28. The van der Waals surface area contributed by atoms with Crippen LogP contribution in [0.2, 0.25) is 0 Å². The fraction of sp³-hybridized carbons (Fsp3) is 0.350. The average Bonchev–Trinajstić information content (AvgIpc) is 2.60. The Kier molecular flexibility index (Phi) is 6.67. The van der Waals surface area contributed by atoms with E-state index in [1.807, 2.05) is 12.1 Å². The second kappa shape index (κ2) is 8.96. The maximum Gasteiger partial charge on any atom is 0.311 e. The molecule has 24 heavy (non-hydrogen) atoms. The van der Waals surface area contributed by atoms with Gasteiger partial charge in [0.2, 0.25) is 0 Å². The number of ether oxygens (including phenoxy) is 3. The molecule has 0 unspecified atom stereocenters. The molecule has 128 valence electrons. The van der Waals surface area contributed by atoms with Crippen LogP contribution >= 0.6 is 0 Å². The van der Waals surface area contributed by atoms with Crippen LogP contribution in [0.4, 0.5) is 0 Å². The highest BCUT2D eigenvalue weighted by Gasteiger charge is 2.06. The molecule has 2 rings (SSSR count). The van der Waals surface area contributed by atoms with Crippen molar-refractivity contribution >= 4 is 5.97 Å². The first-order valence-corrected chi connectivity index (χ1v) is 8.16. The third-order valence-electron chi connectivity index (χ3n) is 3.63. The summed E-state index contributed by atoms with van der Waals surface area (Å²) in [5.74, 6) is 2.31. The minimum absolute atomic E-state index is 0.265. The van der Waals surface area contributed by atoms with Crippen molar-refractivity contribution in [1.29, 1.82) is 0 Å². The Hall–Kier alpha value is -2.49. The zero-order valence-corrected chi connectivity index (χ0v) is 14.5. The second-order valence-electron chi connectivity index (χ2n) is 5.83. The molecule has 0 bridgehead atoms. The van der Waals surface area contributed by atoms with Crippen LogP contribution in [0.15, 0.2) is 48.5 Å². The third kappa shape index (κ3) is 5.61. The molecule has 0 aliphatic heterocycles. The topological polar surface area (TPSA) is 44.8 Å². The maximum atomic E-state index is 11.8. The van der Waals surface area contributed by atoms with Gasteiger partial charge in [-0.1, -0.05) is 26.0 Å². The quantitative estimate of drug-likeness (QED) is 0.404. The van der Waals surface area contributed by atoms with Gasteiger partial charge in [0.05, 0.1) is 13.7 Å². The van der Waals surface area contributed by atoms with Gasteiger partial charge in [-0.05, 0) is 54.3 Å². The molecule has 4 nitrogen and oxygen atoms in total. The Balaban J connectivity index is 1.68. The van der Waals surface area contributed by atoms with E-state index in [9.17, 15) is 4.79 Å². The Bertz CT molecular complexity index is 630. The molecule has 0 heterocycles. The normalized spacial score (nSPS) is 10.5. The number of rotatable bonds is 8. The van der Waals surface area contributed by atoms with Crippen LogP contribution in [0.3, 0.4) is 0 Å². The van der Waals surface area contributed by atoms with Gasteiger partial charge >= 0.3 is 5.97 Å². The van der Waals surface area contributed by atoms with Crippen molar-refractivity contribution in [2.24, 2.45) is 0 Å². The number of hydrogen-bond acceptors (Lipinski definition) is 4. The number of carbonyl (C=O) groups excluding carboxylic acids is 1. The lowest BCUT2D eigenvalue weighted by Gasteiger charge is -2.09. The molecule has 0 saturated carbocycles. The van der Waals surface area contributed by atoms with E-state index >= 15 is 0 Å². The molecule has 0 aromatic heterocycles. The van der Waals surface area contributed by atoms with Crippen LogP contribution in [0.25, 0.3) is 0 Å². The largest absolute Gasteiger partial charge is 0.497 e. The van der Waals surface area contributed by atoms with Gasteiger partial charge < -0.3 is 14.2 Å². The predicted molar refractivity (Wildman–Crippen MR) is 93.9 cm³/mol. The van der Waals surface area contributed by atoms with Crippen molar-refractivity contribution in [3.05, 3.63) is 54.1 Å². The van der Waals surface area contributed by atoms with Gasteiger partial charge in [0.15, 0.2) is 0 Å². The summed E-state index contributed by atoms with van der Waals surface area (Å²) >= 11 is 0. The van der Waals surface area contributed by atoms with Gasteiger partial charge in [0, 0.05) is 6.42 Å². The number of carbonyl (C=O) groups is 1. The van der Waals surface area contributed by atoms with E-state index in [2.05, 4.69) is 26.0 Å². The van der Waals surface area contributed by atoms with Crippen molar-refractivity contribution < 1.29 is 19.0 Å². The first-order valence-electron chi connectivity index (χ1n) is 8.16. The molecule has 0 N–H and O–H groups in total. The fourth-order valence-corrected chi connectivity index (χ4v) is 2.18. The highest BCUT2D eigenvalue weighted by molar-refractivity contribution is 5.72. The van der Waals surface area contributed by atoms with Crippen molar-refractivity contribution in [2.45, 2.75) is 32.6 Å². The lowest BCUT2D eigenvalue weighted by atomic mass is 10.0. The number of benzene rings is 2. The molecule has 0 radical (unpaired) electrons. The van der Waals surface area contributed by atoms with E-state index in [1.165, 1.54) is 5.56 Å². The van der Waals surface area contributed by atoms with Gasteiger partial charge in [-0.3, -0.25) is 4.79 Å². The molecule has 2 aromatic carbocycles. The van der Waals surface area contributed by atoms with Crippen molar-refractivity contribution in [3.8, 4) is 17.2 Å². The molecule has 0 spiro atoms. The molecule has 0 atom stereocenters. The average molecular weight is 328 g/mol. The maximum absolute atomic E-state index is 11.8. The third-order valence-corrected chi connectivity index (χ3v) is 3.63. The van der Waals surface area contributed by atoms with E-state index in [1.54, 1.807) is 31.4 Å². The van der Waals surface area contributed by atoms with Gasteiger partial charge in [-0.15, -0.1) is 0 Å². The monoisotopic (exact) mass is 328 g/mol. The molecule has 0 aliphatic carbocycles. The molecular weight excluding hydrogens is 304 g/mol. The van der Waals surface area contributed by atoms with E-state index in [-0.39, 0.29) is 5.97 Å². The summed E-state index contributed by atoms with van der Waals surface area (Å²) in [4.78, 5) is 11.8. The molecule has 4 heteroatoms. The summed E-state index contributed by atoms with van der Waals surface area (Å²) in [6, 6.07) is 15.0. The van der Waals surface area contributed by atoms with Gasteiger partial charge in [0.1, 0.15) is 17.2 Å². The van der Waals surface area contributed by atoms with E-state index < -0.39 is 0 Å². The molecule has 2 aromatic rings. The van der Waals surface area contributed by atoms with Crippen LogP contribution in [0, 0.1) is 0 Å². The van der Waals surface area contributed by atoms with Crippen LogP contribution < -0.4 is 14.2 Å². The fourth-order valence-electron chi connectivity index (χ4n) is 2.18. The Morgan fingerprint density at radius 1 is 0.917 bits per heavy atom. The summed E-state index contributed by atoms with van der Waals surface area (Å²) in [7, 11) is 1.59. The van der Waals surface area contributed by atoms with Crippen LogP contribution in [-0.2, 0) is 4.79 Å². The highest BCUT2D eigenvalue weighted by Crippen LogP contribution is 2.19. The molecule has 0 fully saturated rings. The molecule has 0 saturated heterocycles. The summed E-state index contributed by atoms with van der Waals surface area (Å²) in [6.45, 7) is 4.80. The smallest absolute Gasteiger partial charge is 0.311 e. The molecule has 0 aliphatic rings. The number of hydrogen-bond donors (Lipinski definition) is 0. The van der Waals surface area contributed by atoms with E-state index in [0.29, 0.717) is 31.1 Å². The van der Waals surface area contributed by atoms with Gasteiger partial charge in [0.25, 0.3) is 0 Å². The van der Waals surface area contributed by atoms with Crippen LogP contribution in [-0.4, -0.2) is 19.7 Å². The van der Waals surface area contributed by atoms with E-state index in [0.717, 1.165) is 11.5 Å². The Morgan fingerprint density at radius 3 is 2.08 bits per heavy atom. The minimum Gasteiger partial charge on any atom is -0.497 e. The van der Waals surface area contributed by atoms with Crippen LogP contribution in [0.5, 0.6) is 17.2 Å². The first kappa shape index (κ1) is 17.9. The Labute approximate surface area is 143 Å². The lowest BCUT2D eigenvalue weighted by molar-refractivity contribution is -0.134. The van der Waals surface area contributed by atoms with Crippen molar-refractivity contribution in [1.82, 2.24) is 0 Å². The minimum atomic E-state index is -0.265. The summed E-state index contributed by atoms with van der Waals surface area (Å²) < 4.78 is 16.0. The van der Waals surface area contributed by atoms with Gasteiger partial charge in [-0.25, -0.2) is 0 Å². The van der Waals surface area contributed by atoms with Crippen molar-refractivity contribution in [3.63, 3.8) is 0 Å². The van der Waals surface area contributed by atoms with Crippen LogP contribution in [0.1, 0.15) is 38.2 Å². The number of esters is 1. The predicted octanol–water partition coefficient (Wildman–Crippen LogP) is 4.58. The zero-order valence-electron chi connectivity index (χ0n) is 14.5. The molecular formula is C20H24O4. The standard InChI is InChI=1S/C20H24O4/c1-15(2)16-6-8-18(9-7-16)23-14-4-5-20(21)24-19-12-10-17(22-3)11-13-19/h6-13,15H,4-5,14H2,1-3H3.